The van der Waals surface area contributed by atoms with Gasteiger partial charge in [0.2, 0.25) is 0 Å². The lowest BCUT2D eigenvalue weighted by Gasteiger charge is -2.08. The number of amides is 1. The fourth-order valence-corrected chi connectivity index (χ4v) is 1.14. The Morgan fingerprint density at radius 3 is 2.31 bits per heavy atom. The summed E-state index contributed by atoms with van der Waals surface area (Å²) in [6, 6.07) is 0. The van der Waals surface area contributed by atoms with Crippen molar-refractivity contribution in [2.45, 2.75) is 20.0 Å². The standard InChI is InChI=1S/C7H9F3N2O/c1-3-12-6(13)4(2)5(11-12)7(8,9)10/h4H,3H2,1-2H3. The van der Waals surface area contributed by atoms with Gasteiger partial charge in [0.05, 0.1) is 5.92 Å². The van der Waals surface area contributed by atoms with E-state index in [1.807, 2.05) is 0 Å². The second-order valence-electron chi connectivity index (χ2n) is 2.76. The van der Waals surface area contributed by atoms with Gasteiger partial charge in [0.1, 0.15) is 0 Å². The van der Waals surface area contributed by atoms with Crippen LogP contribution in [0.2, 0.25) is 0 Å². The van der Waals surface area contributed by atoms with Crippen molar-refractivity contribution in [3.8, 4) is 0 Å². The second-order valence-corrected chi connectivity index (χ2v) is 2.76. The van der Waals surface area contributed by atoms with Crippen LogP contribution in [0.3, 0.4) is 0 Å². The highest BCUT2D eigenvalue weighted by atomic mass is 19.4. The minimum atomic E-state index is -4.50. The van der Waals surface area contributed by atoms with E-state index in [-0.39, 0.29) is 6.54 Å². The third-order valence-electron chi connectivity index (χ3n) is 1.85. The van der Waals surface area contributed by atoms with E-state index in [1.54, 1.807) is 6.92 Å². The third-order valence-corrected chi connectivity index (χ3v) is 1.85. The molecule has 1 aliphatic heterocycles. The van der Waals surface area contributed by atoms with Crippen LogP contribution in [-0.4, -0.2) is 29.3 Å². The monoisotopic (exact) mass is 194 g/mol. The number of carbonyl (C=O) groups excluding carboxylic acids is 1. The van der Waals surface area contributed by atoms with Crippen molar-refractivity contribution in [1.82, 2.24) is 5.01 Å². The molecule has 0 spiro atoms. The van der Waals surface area contributed by atoms with E-state index in [0.29, 0.717) is 0 Å². The molecule has 0 aromatic carbocycles. The van der Waals surface area contributed by atoms with Crippen molar-refractivity contribution >= 4 is 11.6 Å². The molecule has 0 fully saturated rings. The maximum atomic E-state index is 12.2. The van der Waals surface area contributed by atoms with Crippen LogP contribution in [0.4, 0.5) is 13.2 Å². The largest absolute Gasteiger partial charge is 0.431 e. The van der Waals surface area contributed by atoms with E-state index >= 15 is 0 Å². The molecule has 3 nitrogen and oxygen atoms in total. The number of alkyl halides is 3. The fourth-order valence-electron chi connectivity index (χ4n) is 1.14. The molecule has 1 atom stereocenters. The van der Waals surface area contributed by atoms with Crippen LogP contribution < -0.4 is 0 Å². The van der Waals surface area contributed by atoms with Crippen LogP contribution in [0.15, 0.2) is 5.10 Å². The molecule has 13 heavy (non-hydrogen) atoms. The third kappa shape index (κ3) is 1.66. The van der Waals surface area contributed by atoms with E-state index in [1.165, 1.54) is 6.92 Å². The molecule has 0 N–H and O–H groups in total. The highest BCUT2D eigenvalue weighted by Crippen LogP contribution is 2.28. The molecule has 1 unspecified atom stereocenters. The summed E-state index contributed by atoms with van der Waals surface area (Å²) in [6.45, 7) is 2.96. The Hall–Kier alpha value is -1.07. The maximum Gasteiger partial charge on any atom is 0.431 e. The molecule has 0 bridgehead atoms. The maximum absolute atomic E-state index is 12.2. The predicted octanol–water partition coefficient (Wildman–Crippen LogP) is 1.40. The molecule has 1 rings (SSSR count). The zero-order valence-electron chi connectivity index (χ0n) is 7.22. The van der Waals surface area contributed by atoms with Gasteiger partial charge in [0.15, 0.2) is 5.71 Å². The summed E-state index contributed by atoms with van der Waals surface area (Å²) in [5.41, 5.74) is -1.00. The van der Waals surface area contributed by atoms with Crippen LogP contribution in [0.1, 0.15) is 13.8 Å². The van der Waals surface area contributed by atoms with Gasteiger partial charge in [-0.1, -0.05) is 0 Å². The highest BCUT2D eigenvalue weighted by molar-refractivity contribution is 6.10. The smallest absolute Gasteiger partial charge is 0.272 e. The average Bonchev–Trinajstić information content (AvgIpc) is 2.28. The lowest BCUT2D eigenvalue weighted by atomic mass is 10.1. The first-order valence-corrected chi connectivity index (χ1v) is 3.85. The molecule has 0 aromatic heterocycles. The number of carbonyl (C=O) groups is 1. The van der Waals surface area contributed by atoms with Gasteiger partial charge in [-0.3, -0.25) is 4.79 Å². The van der Waals surface area contributed by atoms with Crippen molar-refractivity contribution in [2.24, 2.45) is 11.0 Å². The Morgan fingerprint density at radius 2 is 2.08 bits per heavy atom. The second kappa shape index (κ2) is 3.01. The minimum Gasteiger partial charge on any atom is -0.272 e. The Morgan fingerprint density at radius 1 is 1.54 bits per heavy atom. The van der Waals surface area contributed by atoms with E-state index in [0.717, 1.165) is 5.01 Å². The number of hydrazone groups is 1. The van der Waals surface area contributed by atoms with Crippen molar-refractivity contribution in [1.29, 1.82) is 0 Å². The number of halogens is 3. The van der Waals surface area contributed by atoms with Crippen LogP contribution in [0.5, 0.6) is 0 Å². The molecular weight excluding hydrogens is 185 g/mol. The first-order valence-electron chi connectivity index (χ1n) is 3.85. The Bertz CT molecular complexity index is 259. The van der Waals surface area contributed by atoms with E-state index in [2.05, 4.69) is 5.10 Å². The summed E-state index contributed by atoms with van der Waals surface area (Å²) in [6.07, 6.45) is -4.50. The van der Waals surface area contributed by atoms with Crippen molar-refractivity contribution in [3.63, 3.8) is 0 Å². The Labute approximate surface area is 73.2 Å². The van der Waals surface area contributed by atoms with Crippen LogP contribution in [-0.2, 0) is 4.79 Å². The van der Waals surface area contributed by atoms with Crippen molar-refractivity contribution in [3.05, 3.63) is 0 Å². The number of rotatable bonds is 1. The molecule has 0 radical (unpaired) electrons. The van der Waals surface area contributed by atoms with Crippen LogP contribution in [0.25, 0.3) is 0 Å². The molecule has 0 saturated carbocycles. The molecule has 6 heteroatoms. The summed E-state index contributed by atoms with van der Waals surface area (Å²) >= 11 is 0. The summed E-state index contributed by atoms with van der Waals surface area (Å²) < 4.78 is 36.6. The molecule has 1 amide bonds. The number of hydrogen-bond donors (Lipinski definition) is 0. The molecule has 0 aliphatic carbocycles. The first kappa shape index (κ1) is 10.0. The quantitative estimate of drug-likeness (QED) is 0.621. The molecule has 1 aliphatic rings. The van der Waals surface area contributed by atoms with E-state index in [9.17, 15) is 18.0 Å². The molecule has 0 saturated heterocycles. The number of nitrogens with zero attached hydrogens (tertiary/aromatic N) is 2. The lowest BCUT2D eigenvalue weighted by Crippen LogP contribution is -2.31. The van der Waals surface area contributed by atoms with Gasteiger partial charge in [0.25, 0.3) is 5.91 Å². The van der Waals surface area contributed by atoms with Crippen molar-refractivity contribution < 1.29 is 18.0 Å². The predicted molar refractivity (Wildman–Crippen MR) is 40.0 cm³/mol. The van der Waals surface area contributed by atoms with Gasteiger partial charge in [-0.2, -0.15) is 18.3 Å². The molecule has 74 valence electrons. The van der Waals surface area contributed by atoms with Gasteiger partial charge in [-0.05, 0) is 13.8 Å². The molecule has 1 heterocycles. The Balaban J connectivity index is 2.94. The van der Waals surface area contributed by atoms with Crippen LogP contribution in [0, 0.1) is 5.92 Å². The molecule has 0 aromatic rings. The summed E-state index contributed by atoms with van der Waals surface area (Å²) in [4.78, 5) is 11.1. The van der Waals surface area contributed by atoms with E-state index in [4.69, 9.17) is 0 Å². The normalized spacial score (nSPS) is 23.8. The van der Waals surface area contributed by atoms with Gasteiger partial charge in [-0.25, -0.2) is 5.01 Å². The first-order chi connectivity index (χ1) is 5.88. The number of hydrogen-bond acceptors (Lipinski definition) is 2. The van der Waals surface area contributed by atoms with Gasteiger partial charge < -0.3 is 0 Å². The Kier molecular flexibility index (Phi) is 2.32. The average molecular weight is 194 g/mol. The fraction of sp³-hybridized carbons (Fsp3) is 0.714. The zero-order chi connectivity index (χ0) is 10.2. The van der Waals surface area contributed by atoms with E-state index < -0.39 is 23.7 Å². The topological polar surface area (TPSA) is 32.7 Å². The minimum absolute atomic E-state index is 0.169. The SMILES string of the molecule is CCN1N=C(C(F)(F)F)C(C)C1=O. The summed E-state index contributed by atoms with van der Waals surface area (Å²) in [5.74, 6) is -1.75. The lowest BCUT2D eigenvalue weighted by molar-refractivity contribution is -0.131. The molecular formula is C7H9F3N2O. The zero-order valence-corrected chi connectivity index (χ0v) is 7.22. The van der Waals surface area contributed by atoms with Crippen LogP contribution >= 0.6 is 0 Å². The van der Waals surface area contributed by atoms with Crippen molar-refractivity contribution in [2.75, 3.05) is 6.54 Å². The van der Waals surface area contributed by atoms with Gasteiger partial charge in [0, 0.05) is 6.54 Å². The summed E-state index contributed by atoms with van der Waals surface area (Å²) in [7, 11) is 0. The van der Waals surface area contributed by atoms with Gasteiger partial charge >= 0.3 is 6.18 Å². The summed E-state index contributed by atoms with van der Waals surface area (Å²) in [5, 5.41) is 4.06. The van der Waals surface area contributed by atoms with Gasteiger partial charge in [-0.15, -0.1) is 0 Å². The highest BCUT2D eigenvalue weighted by Gasteiger charge is 2.47.